The molecule has 34 heavy (non-hydrogen) atoms. The highest BCUT2D eigenvalue weighted by Crippen LogP contribution is 2.33. The minimum atomic E-state index is -0.242. The molecule has 5 rings (SSSR count). The van der Waals surface area contributed by atoms with Crippen molar-refractivity contribution in [2.75, 3.05) is 5.32 Å². The molecule has 5 aromatic rings. The van der Waals surface area contributed by atoms with Crippen molar-refractivity contribution < 1.29 is 4.79 Å². The predicted molar refractivity (Wildman–Crippen MR) is 132 cm³/mol. The Balaban J connectivity index is 1.54. The Kier molecular flexibility index (Phi) is 5.24. The Morgan fingerprint density at radius 1 is 0.941 bits per heavy atom. The highest BCUT2D eigenvalue weighted by molar-refractivity contribution is 5.99. The fourth-order valence-electron chi connectivity index (χ4n) is 3.93. The zero-order valence-corrected chi connectivity index (χ0v) is 18.4. The molecule has 0 aliphatic carbocycles. The van der Waals surface area contributed by atoms with E-state index < -0.39 is 0 Å². The minimum Gasteiger partial charge on any atom is -0.323 e. The molecule has 2 aromatic carbocycles. The molecule has 7 nitrogen and oxygen atoms in total. The number of amides is 1. The van der Waals surface area contributed by atoms with Crippen molar-refractivity contribution >= 4 is 17.1 Å². The molecular formula is C27H20N6O. The summed E-state index contributed by atoms with van der Waals surface area (Å²) in [7, 11) is 1.88. The fourth-order valence-corrected chi connectivity index (χ4v) is 3.93. The van der Waals surface area contributed by atoms with Crippen molar-refractivity contribution in [3.63, 3.8) is 0 Å². The molecule has 0 spiro atoms. The van der Waals surface area contributed by atoms with Crippen LogP contribution in [0.2, 0.25) is 0 Å². The number of nitriles is 1. The maximum Gasteiger partial charge on any atom is 0.247 e. The molecule has 7 heteroatoms. The summed E-state index contributed by atoms with van der Waals surface area (Å²) < 4.78 is 3.51. The maximum absolute atomic E-state index is 11.5. The van der Waals surface area contributed by atoms with Crippen LogP contribution in [0.15, 0.2) is 92.0 Å². The zero-order chi connectivity index (χ0) is 23.7. The van der Waals surface area contributed by atoms with Gasteiger partial charge in [0.2, 0.25) is 5.91 Å². The molecule has 0 saturated carbocycles. The van der Waals surface area contributed by atoms with Gasteiger partial charge in [-0.2, -0.15) is 15.5 Å². The van der Waals surface area contributed by atoms with Gasteiger partial charge in [-0.25, -0.2) is 4.52 Å². The lowest BCUT2D eigenvalue weighted by atomic mass is 9.97. The highest BCUT2D eigenvalue weighted by atomic mass is 16.1. The molecule has 0 bridgehead atoms. The molecular weight excluding hydrogens is 424 g/mol. The molecule has 1 amide bonds. The Morgan fingerprint density at radius 2 is 1.62 bits per heavy atom. The summed E-state index contributed by atoms with van der Waals surface area (Å²) in [6.07, 6.45) is 8.50. The van der Waals surface area contributed by atoms with E-state index in [-0.39, 0.29) is 5.91 Å². The van der Waals surface area contributed by atoms with Gasteiger partial charge in [-0.3, -0.25) is 9.48 Å². The van der Waals surface area contributed by atoms with Crippen LogP contribution in [0.25, 0.3) is 38.9 Å². The number of carbonyl (C=O) groups is 1. The van der Waals surface area contributed by atoms with E-state index in [9.17, 15) is 10.1 Å². The third kappa shape index (κ3) is 3.85. The monoisotopic (exact) mass is 444 g/mol. The number of hydrogen-bond donors (Lipinski definition) is 1. The minimum absolute atomic E-state index is 0.242. The van der Waals surface area contributed by atoms with E-state index in [2.05, 4.69) is 34.2 Å². The third-order valence-corrected chi connectivity index (χ3v) is 5.64. The molecule has 164 valence electrons. The number of nitrogens with zero attached hydrogens (tertiary/aromatic N) is 5. The van der Waals surface area contributed by atoms with Crippen LogP contribution in [0.5, 0.6) is 0 Å². The average Bonchev–Trinajstić information content (AvgIpc) is 3.50. The number of benzene rings is 2. The molecule has 1 N–H and O–H groups in total. The van der Waals surface area contributed by atoms with Crippen molar-refractivity contribution in [2.45, 2.75) is 0 Å². The first-order valence-corrected chi connectivity index (χ1v) is 10.6. The molecule has 0 radical (unpaired) electrons. The van der Waals surface area contributed by atoms with E-state index in [0.717, 1.165) is 38.9 Å². The Hall–Kier alpha value is -4.96. The largest absolute Gasteiger partial charge is 0.323 e. The van der Waals surface area contributed by atoms with Gasteiger partial charge in [-0.05, 0) is 41.0 Å². The Morgan fingerprint density at radius 3 is 2.24 bits per heavy atom. The number of pyridine rings is 1. The Labute approximate surface area is 196 Å². The van der Waals surface area contributed by atoms with E-state index in [0.29, 0.717) is 11.3 Å². The van der Waals surface area contributed by atoms with Crippen molar-refractivity contribution in [2.24, 2.45) is 7.05 Å². The van der Waals surface area contributed by atoms with Crippen molar-refractivity contribution in [1.29, 1.82) is 5.26 Å². The number of hydrogen-bond acceptors (Lipinski definition) is 4. The third-order valence-electron chi connectivity index (χ3n) is 5.64. The number of anilines is 1. The summed E-state index contributed by atoms with van der Waals surface area (Å²) in [6, 6.07) is 20.1. The van der Waals surface area contributed by atoms with Gasteiger partial charge in [0, 0.05) is 41.8 Å². The number of rotatable bonds is 5. The number of fused-ring (bicyclic) bond motifs is 1. The van der Waals surface area contributed by atoms with Crippen molar-refractivity contribution in [3.05, 3.63) is 97.6 Å². The van der Waals surface area contributed by atoms with Crippen LogP contribution in [0, 0.1) is 11.3 Å². The molecule has 0 saturated heterocycles. The van der Waals surface area contributed by atoms with Crippen LogP contribution in [-0.2, 0) is 11.8 Å². The molecule has 0 unspecified atom stereocenters. The average molecular weight is 444 g/mol. The standard InChI is InChI=1S/C27H20N6O/c1-3-26(34)31-24-10-8-19(9-11-24)18-4-6-20(7-5-18)25-12-21(23-15-29-32(2)16-23)17-33-27(25)22(13-28)14-30-33/h3-12,14-17H,1H2,2H3,(H,31,34). The first kappa shape index (κ1) is 20.9. The predicted octanol–water partition coefficient (Wildman–Crippen LogP) is 5.06. The first-order chi connectivity index (χ1) is 16.6. The van der Waals surface area contributed by atoms with Crippen LogP contribution in [0.4, 0.5) is 5.69 Å². The second-order valence-electron chi connectivity index (χ2n) is 7.86. The smallest absolute Gasteiger partial charge is 0.247 e. The summed E-state index contributed by atoms with van der Waals surface area (Å²) in [4.78, 5) is 11.5. The lowest BCUT2D eigenvalue weighted by Gasteiger charge is -2.10. The van der Waals surface area contributed by atoms with Gasteiger partial charge in [0.15, 0.2) is 0 Å². The van der Waals surface area contributed by atoms with E-state index in [1.807, 2.05) is 74.2 Å². The summed E-state index contributed by atoms with van der Waals surface area (Å²) in [6.45, 7) is 3.47. The van der Waals surface area contributed by atoms with Crippen molar-refractivity contribution in [1.82, 2.24) is 19.4 Å². The van der Waals surface area contributed by atoms with Crippen LogP contribution < -0.4 is 5.32 Å². The summed E-state index contributed by atoms with van der Waals surface area (Å²) in [5.74, 6) is -0.242. The SMILES string of the molecule is C=CC(=O)Nc1ccc(-c2ccc(-c3cc(-c4cnn(C)c4)cn4ncc(C#N)c34)cc2)cc1. The number of carbonyl (C=O) groups excluding carboxylic acids is 1. The van der Waals surface area contributed by atoms with Crippen LogP contribution in [-0.4, -0.2) is 25.3 Å². The second kappa shape index (κ2) is 8.52. The topological polar surface area (TPSA) is 88.0 Å². The first-order valence-electron chi connectivity index (χ1n) is 10.6. The molecule has 3 heterocycles. The number of aryl methyl sites for hydroxylation is 1. The molecule has 0 aliphatic heterocycles. The normalized spacial score (nSPS) is 10.7. The lowest BCUT2D eigenvalue weighted by Crippen LogP contribution is -2.06. The van der Waals surface area contributed by atoms with Gasteiger partial charge >= 0.3 is 0 Å². The summed E-state index contributed by atoms with van der Waals surface area (Å²) >= 11 is 0. The van der Waals surface area contributed by atoms with Crippen LogP contribution >= 0.6 is 0 Å². The van der Waals surface area contributed by atoms with E-state index in [1.165, 1.54) is 6.08 Å². The fraction of sp³-hybridized carbons (Fsp3) is 0.0370. The van der Waals surface area contributed by atoms with Gasteiger partial charge < -0.3 is 5.32 Å². The van der Waals surface area contributed by atoms with Gasteiger partial charge in [0.1, 0.15) is 6.07 Å². The van der Waals surface area contributed by atoms with E-state index in [1.54, 1.807) is 15.4 Å². The van der Waals surface area contributed by atoms with Gasteiger partial charge in [0.25, 0.3) is 0 Å². The summed E-state index contributed by atoms with van der Waals surface area (Å²) in [5, 5.41) is 21.0. The number of aromatic nitrogens is 4. The lowest BCUT2D eigenvalue weighted by molar-refractivity contribution is -0.111. The zero-order valence-electron chi connectivity index (χ0n) is 18.4. The van der Waals surface area contributed by atoms with Gasteiger partial charge in [0.05, 0.1) is 23.5 Å². The maximum atomic E-state index is 11.5. The quantitative estimate of drug-likeness (QED) is 0.384. The second-order valence-corrected chi connectivity index (χ2v) is 7.86. The highest BCUT2D eigenvalue weighted by Gasteiger charge is 2.14. The van der Waals surface area contributed by atoms with E-state index >= 15 is 0 Å². The van der Waals surface area contributed by atoms with E-state index in [4.69, 9.17) is 0 Å². The van der Waals surface area contributed by atoms with Gasteiger partial charge in [-0.1, -0.05) is 43.0 Å². The van der Waals surface area contributed by atoms with Crippen LogP contribution in [0.1, 0.15) is 5.56 Å². The number of nitrogens with one attached hydrogen (secondary N) is 1. The summed E-state index contributed by atoms with van der Waals surface area (Å²) in [5.41, 5.74) is 7.90. The van der Waals surface area contributed by atoms with Crippen molar-refractivity contribution in [3.8, 4) is 39.4 Å². The molecule has 0 aliphatic rings. The Bertz CT molecular complexity index is 1570. The molecule has 0 fully saturated rings. The van der Waals surface area contributed by atoms with Crippen LogP contribution in [0.3, 0.4) is 0 Å². The molecule has 0 atom stereocenters. The van der Waals surface area contributed by atoms with Gasteiger partial charge in [-0.15, -0.1) is 0 Å². The molecule has 3 aromatic heterocycles.